The van der Waals surface area contributed by atoms with Gasteiger partial charge in [-0.3, -0.25) is 9.59 Å². The summed E-state index contributed by atoms with van der Waals surface area (Å²) in [6, 6.07) is -0.0197. The van der Waals surface area contributed by atoms with Gasteiger partial charge in [0.1, 0.15) is 11.9 Å². The van der Waals surface area contributed by atoms with Crippen LogP contribution >= 0.6 is 0 Å². The normalized spacial score (nSPS) is 22.4. The molecule has 1 aliphatic heterocycles. The molecule has 2 atom stereocenters. The fourth-order valence-electron chi connectivity index (χ4n) is 2.46. The Bertz CT molecular complexity index is 353. The van der Waals surface area contributed by atoms with Crippen molar-refractivity contribution in [2.75, 3.05) is 6.54 Å². The van der Waals surface area contributed by atoms with Gasteiger partial charge in [-0.1, -0.05) is 13.8 Å². The highest BCUT2D eigenvalue weighted by Gasteiger charge is 2.37. The van der Waals surface area contributed by atoms with Gasteiger partial charge in [0.15, 0.2) is 0 Å². The van der Waals surface area contributed by atoms with Gasteiger partial charge in [-0.25, -0.2) is 0 Å². The third-order valence-electron chi connectivity index (χ3n) is 3.49. The summed E-state index contributed by atoms with van der Waals surface area (Å²) < 4.78 is 5.41. The van der Waals surface area contributed by atoms with Crippen LogP contribution in [0.15, 0.2) is 0 Å². The average molecular weight is 269 g/mol. The Morgan fingerprint density at radius 1 is 1.21 bits per heavy atom. The Morgan fingerprint density at radius 2 is 1.89 bits per heavy atom. The van der Waals surface area contributed by atoms with E-state index < -0.39 is 0 Å². The fraction of sp³-hybridized carbons (Fsp3) is 0.786. The number of nitrogens with zero attached hydrogens (tertiary/aromatic N) is 1. The monoisotopic (exact) mass is 269 g/mol. The molecule has 1 fully saturated rings. The minimum atomic E-state index is -0.343. The zero-order valence-electron chi connectivity index (χ0n) is 12.0. The molecule has 1 amide bonds. The van der Waals surface area contributed by atoms with E-state index in [1.165, 1.54) is 6.92 Å². The van der Waals surface area contributed by atoms with E-state index in [4.69, 9.17) is 4.74 Å². The number of hydrogen-bond acceptors (Lipinski definition) is 4. The molecule has 19 heavy (non-hydrogen) atoms. The third kappa shape index (κ3) is 4.33. The molecule has 0 radical (unpaired) electrons. The van der Waals surface area contributed by atoms with Crippen LogP contribution in [0.3, 0.4) is 0 Å². The number of carbonyl (C=O) groups is 3. The van der Waals surface area contributed by atoms with Gasteiger partial charge >= 0.3 is 5.97 Å². The van der Waals surface area contributed by atoms with Gasteiger partial charge in [-0.2, -0.15) is 0 Å². The summed E-state index contributed by atoms with van der Waals surface area (Å²) in [6.45, 7) is 5.93. The maximum absolute atomic E-state index is 11.8. The molecule has 0 aromatic heterocycles. The summed E-state index contributed by atoms with van der Waals surface area (Å²) in [6.07, 6.45) is 2.07. The van der Waals surface area contributed by atoms with Crippen molar-refractivity contribution < 1.29 is 19.1 Å². The van der Waals surface area contributed by atoms with Crippen LogP contribution in [-0.2, 0) is 19.1 Å². The first-order valence-corrected chi connectivity index (χ1v) is 6.97. The summed E-state index contributed by atoms with van der Waals surface area (Å²) in [5.41, 5.74) is 0. The number of esters is 1. The van der Waals surface area contributed by atoms with Gasteiger partial charge < -0.3 is 14.4 Å². The molecule has 0 aromatic rings. The van der Waals surface area contributed by atoms with Crippen molar-refractivity contribution in [1.29, 1.82) is 0 Å². The average Bonchev–Trinajstić information content (AvgIpc) is 2.78. The van der Waals surface area contributed by atoms with Crippen LogP contribution in [0, 0.1) is 0 Å². The lowest BCUT2D eigenvalue weighted by atomic mass is 10.1. The smallest absolute Gasteiger partial charge is 0.306 e. The quantitative estimate of drug-likeness (QED) is 0.688. The molecule has 0 N–H and O–H groups in total. The summed E-state index contributed by atoms with van der Waals surface area (Å²) in [5, 5.41) is 0. The summed E-state index contributed by atoms with van der Waals surface area (Å²) in [7, 11) is 0. The van der Waals surface area contributed by atoms with E-state index in [1.807, 2.05) is 18.7 Å². The lowest BCUT2D eigenvalue weighted by Crippen LogP contribution is -2.40. The SMILES string of the molecule is CCC(=O)N1CC[C@H](OC(=O)CCC(C)=O)[C@@H]1CC. The zero-order chi connectivity index (χ0) is 14.4. The maximum atomic E-state index is 11.8. The van der Waals surface area contributed by atoms with Crippen LogP contribution in [0.1, 0.15) is 52.9 Å². The molecule has 1 aliphatic rings. The van der Waals surface area contributed by atoms with Gasteiger partial charge in [0.25, 0.3) is 0 Å². The lowest BCUT2D eigenvalue weighted by Gasteiger charge is -2.26. The van der Waals surface area contributed by atoms with Crippen LogP contribution in [-0.4, -0.2) is 41.3 Å². The Kier molecular flexibility index (Phi) is 5.99. The Labute approximate surface area is 114 Å². The predicted molar refractivity (Wildman–Crippen MR) is 70.5 cm³/mol. The minimum Gasteiger partial charge on any atom is -0.460 e. The Morgan fingerprint density at radius 3 is 2.42 bits per heavy atom. The van der Waals surface area contributed by atoms with Crippen molar-refractivity contribution >= 4 is 17.7 Å². The number of likely N-dealkylation sites (tertiary alicyclic amines) is 1. The van der Waals surface area contributed by atoms with E-state index in [1.54, 1.807) is 0 Å². The lowest BCUT2D eigenvalue weighted by molar-refractivity contribution is -0.152. The third-order valence-corrected chi connectivity index (χ3v) is 3.49. The van der Waals surface area contributed by atoms with Gasteiger partial charge in [-0.05, 0) is 13.3 Å². The molecule has 0 spiro atoms. The summed E-state index contributed by atoms with van der Waals surface area (Å²) in [5.74, 6) is -0.253. The first kappa shape index (κ1) is 15.7. The number of rotatable bonds is 6. The molecule has 0 bridgehead atoms. The Hall–Kier alpha value is -1.39. The van der Waals surface area contributed by atoms with Crippen molar-refractivity contribution in [1.82, 2.24) is 4.90 Å². The highest BCUT2D eigenvalue weighted by atomic mass is 16.5. The second kappa shape index (κ2) is 7.26. The topological polar surface area (TPSA) is 63.7 Å². The maximum Gasteiger partial charge on any atom is 0.306 e. The standard InChI is InChI=1S/C14H23NO4/c1-4-11-12(8-9-15(11)13(17)5-2)19-14(18)7-6-10(3)16/h11-12H,4-9H2,1-3H3/t11-,12-/m0/s1. The fourth-order valence-corrected chi connectivity index (χ4v) is 2.46. The van der Waals surface area contributed by atoms with Crippen LogP contribution in [0.2, 0.25) is 0 Å². The van der Waals surface area contributed by atoms with Crippen LogP contribution in [0.5, 0.6) is 0 Å². The molecule has 0 unspecified atom stereocenters. The molecule has 1 heterocycles. The Balaban J connectivity index is 2.52. The number of ketones is 1. The minimum absolute atomic E-state index is 0.0156. The molecule has 1 saturated heterocycles. The molecule has 0 aliphatic carbocycles. The number of ether oxygens (including phenoxy) is 1. The van der Waals surface area contributed by atoms with Crippen molar-refractivity contribution in [2.24, 2.45) is 0 Å². The van der Waals surface area contributed by atoms with E-state index in [0.717, 1.165) is 6.42 Å². The van der Waals surface area contributed by atoms with E-state index in [0.29, 0.717) is 19.4 Å². The molecule has 0 aromatic carbocycles. The summed E-state index contributed by atoms with van der Waals surface area (Å²) in [4.78, 5) is 36.0. The largest absolute Gasteiger partial charge is 0.460 e. The number of amides is 1. The molecular formula is C14H23NO4. The van der Waals surface area contributed by atoms with Gasteiger partial charge in [0, 0.05) is 25.8 Å². The molecule has 0 saturated carbocycles. The van der Waals surface area contributed by atoms with Crippen molar-refractivity contribution in [3.63, 3.8) is 0 Å². The zero-order valence-corrected chi connectivity index (χ0v) is 12.0. The van der Waals surface area contributed by atoms with E-state index >= 15 is 0 Å². The van der Waals surface area contributed by atoms with Gasteiger partial charge in [-0.15, -0.1) is 0 Å². The van der Waals surface area contributed by atoms with Gasteiger partial charge in [0.2, 0.25) is 5.91 Å². The molecular weight excluding hydrogens is 246 g/mol. The van der Waals surface area contributed by atoms with Crippen LogP contribution in [0.25, 0.3) is 0 Å². The highest BCUT2D eigenvalue weighted by Crippen LogP contribution is 2.24. The van der Waals surface area contributed by atoms with Crippen molar-refractivity contribution in [3.8, 4) is 0 Å². The van der Waals surface area contributed by atoms with E-state index in [-0.39, 0.29) is 42.6 Å². The molecule has 1 rings (SSSR count). The first-order chi connectivity index (χ1) is 8.99. The predicted octanol–water partition coefficient (Wildman–Crippen LogP) is 1.69. The number of carbonyl (C=O) groups excluding carboxylic acids is 3. The van der Waals surface area contributed by atoms with Gasteiger partial charge in [0.05, 0.1) is 12.5 Å². The number of Topliss-reactive ketones (excluding diaryl/α,β-unsaturated/α-hetero) is 1. The molecule has 5 nitrogen and oxygen atoms in total. The first-order valence-electron chi connectivity index (χ1n) is 6.97. The molecule has 108 valence electrons. The van der Waals surface area contributed by atoms with Crippen LogP contribution in [0.4, 0.5) is 0 Å². The van der Waals surface area contributed by atoms with Crippen LogP contribution < -0.4 is 0 Å². The van der Waals surface area contributed by atoms with Crippen molar-refractivity contribution in [3.05, 3.63) is 0 Å². The van der Waals surface area contributed by atoms with E-state index in [9.17, 15) is 14.4 Å². The van der Waals surface area contributed by atoms with E-state index in [2.05, 4.69) is 0 Å². The molecule has 5 heteroatoms. The summed E-state index contributed by atoms with van der Waals surface area (Å²) >= 11 is 0. The number of hydrogen-bond donors (Lipinski definition) is 0. The second-order valence-electron chi connectivity index (χ2n) is 4.94. The second-order valence-corrected chi connectivity index (χ2v) is 4.94. The highest BCUT2D eigenvalue weighted by molar-refractivity contribution is 5.81. The van der Waals surface area contributed by atoms with Crippen molar-refractivity contribution in [2.45, 2.75) is 65.0 Å².